The lowest BCUT2D eigenvalue weighted by atomic mass is 9.97. The molecule has 2 aromatic heterocycles. The molecule has 4 aromatic rings. The van der Waals surface area contributed by atoms with Crippen LogP contribution in [0.4, 0.5) is 0 Å². The number of aromatic nitrogens is 4. The van der Waals surface area contributed by atoms with Gasteiger partial charge in [-0.2, -0.15) is 0 Å². The van der Waals surface area contributed by atoms with E-state index in [9.17, 15) is 10.2 Å². The zero-order chi connectivity index (χ0) is 21.6. The van der Waals surface area contributed by atoms with Crippen molar-refractivity contribution in [2.24, 2.45) is 0 Å². The van der Waals surface area contributed by atoms with Crippen LogP contribution in [0.25, 0.3) is 33.4 Å². The number of hydrogen-bond acceptors (Lipinski definition) is 5. The Morgan fingerprint density at radius 3 is 2.57 bits per heavy atom. The number of phenols is 2. The van der Waals surface area contributed by atoms with Crippen LogP contribution in [0.3, 0.4) is 0 Å². The summed E-state index contributed by atoms with van der Waals surface area (Å²) in [6.07, 6.45) is 2.43. The second-order valence-electron chi connectivity index (χ2n) is 7.44. The highest BCUT2D eigenvalue weighted by molar-refractivity contribution is 7.71. The molecule has 0 saturated heterocycles. The molecule has 0 aliphatic heterocycles. The smallest absolute Gasteiger partial charge is 0.144 e. The van der Waals surface area contributed by atoms with Gasteiger partial charge in [-0.05, 0) is 44.0 Å². The first kappa shape index (κ1) is 20.0. The van der Waals surface area contributed by atoms with Crippen molar-refractivity contribution in [2.45, 2.75) is 33.2 Å². The SMILES string of the molecule is CCc1cc(-c2[nH][nH]c(=S)c2-c2ccc(OC)c3c2ncn3C(C)C)c(O)cc1O. The number of H-pyrrole nitrogens is 2. The van der Waals surface area contributed by atoms with Gasteiger partial charge in [-0.15, -0.1) is 0 Å². The van der Waals surface area contributed by atoms with E-state index in [1.165, 1.54) is 6.07 Å². The van der Waals surface area contributed by atoms with Crippen molar-refractivity contribution < 1.29 is 14.9 Å². The van der Waals surface area contributed by atoms with Gasteiger partial charge in [-0.1, -0.05) is 19.1 Å². The van der Waals surface area contributed by atoms with E-state index in [2.05, 4.69) is 33.6 Å². The molecule has 4 N–H and O–H groups in total. The molecule has 30 heavy (non-hydrogen) atoms. The van der Waals surface area contributed by atoms with Gasteiger partial charge in [0.05, 0.1) is 19.1 Å². The molecule has 8 heteroatoms. The standard InChI is InChI=1S/C22H24N4O3S/c1-5-12-8-14(16(28)9-15(12)27)19-18(22(30)25-24-19)13-6-7-17(29-4)21-20(13)23-10-26(21)11(2)3/h6-11,27-28H,5H2,1-4H3,(H2,24,25,30). The number of ether oxygens (including phenoxy) is 1. The largest absolute Gasteiger partial charge is 0.508 e. The third-order valence-electron chi connectivity index (χ3n) is 5.35. The van der Waals surface area contributed by atoms with E-state index in [1.54, 1.807) is 19.5 Å². The van der Waals surface area contributed by atoms with Crippen LogP contribution in [0.5, 0.6) is 17.2 Å². The second kappa shape index (κ2) is 7.53. The first-order chi connectivity index (χ1) is 14.4. The number of aromatic amines is 2. The van der Waals surface area contributed by atoms with E-state index in [1.807, 2.05) is 19.1 Å². The lowest BCUT2D eigenvalue weighted by molar-refractivity contribution is 0.416. The first-order valence-corrected chi connectivity index (χ1v) is 10.2. The van der Waals surface area contributed by atoms with E-state index in [-0.39, 0.29) is 17.5 Å². The third-order valence-corrected chi connectivity index (χ3v) is 5.66. The molecule has 0 saturated carbocycles. The van der Waals surface area contributed by atoms with Gasteiger partial charge in [0, 0.05) is 28.8 Å². The molecule has 4 rings (SSSR count). The van der Waals surface area contributed by atoms with Crippen molar-refractivity contribution in [3.63, 3.8) is 0 Å². The summed E-state index contributed by atoms with van der Waals surface area (Å²) in [5.74, 6) is 0.762. The normalized spacial score (nSPS) is 11.5. The predicted molar refractivity (Wildman–Crippen MR) is 120 cm³/mol. The van der Waals surface area contributed by atoms with E-state index in [4.69, 9.17) is 17.0 Å². The Bertz CT molecular complexity index is 1300. The Labute approximate surface area is 179 Å². The molecule has 0 aliphatic rings. The van der Waals surface area contributed by atoms with Crippen molar-refractivity contribution >= 4 is 23.3 Å². The average molecular weight is 425 g/mol. The summed E-state index contributed by atoms with van der Waals surface area (Å²) in [5, 5.41) is 26.7. The lowest BCUT2D eigenvalue weighted by Gasteiger charge is -2.13. The Morgan fingerprint density at radius 2 is 1.90 bits per heavy atom. The van der Waals surface area contributed by atoms with E-state index >= 15 is 0 Å². The van der Waals surface area contributed by atoms with Crippen LogP contribution in [-0.4, -0.2) is 37.1 Å². The molecule has 0 atom stereocenters. The van der Waals surface area contributed by atoms with Crippen LogP contribution < -0.4 is 4.74 Å². The maximum atomic E-state index is 10.6. The number of fused-ring (bicyclic) bond motifs is 1. The van der Waals surface area contributed by atoms with Gasteiger partial charge in [0.15, 0.2) is 0 Å². The molecule has 0 amide bonds. The number of nitrogens with one attached hydrogen (secondary N) is 2. The van der Waals surface area contributed by atoms with Crippen LogP contribution in [0.15, 0.2) is 30.6 Å². The number of nitrogens with zero attached hydrogens (tertiary/aromatic N) is 2. The fourth-order valence-corrected chi connectivity index (χ4v) is 4.06. The number of benzene rings is 2. The number of imidazole rings is 1. The number of aryl methyl sites for hydroxylation is 1. The monoisotopic (exact) mass is 424 g/mol. The molecule has 156 valence electrons. The van der Waals surface area contributed by atoms with Crippen molar-refractivity contribution in [3.8, 4) is 39.6 Å². The molecule has 0 aliphatic carbocycles. The van der Waals surface area contributed by atoms with Gasteiger partial charge in [-0.3, -0.25) is 10.2 Å². The Morgan fingerprint density at radius 1 is 1.13 bits per heavy atom. The van der Waals surface area contributed by atoms with Crippen molar-refractivity contribution in [1.82, 2.24) is 19.7 Å². The number of phenolic OH excluding ortho intramolecular Hbond substituents is 2. The topological polar surface area (TPSA) is 99.1 Å². The molecular weight excluding hydrogens is 400 g/mol. The zero-order valence-electron chi connectivity index (χ0n) is 17.3. The number of hydrogen-bond donors (Lipinski definition) is 4. The van der Waals surface area contributed by atoms with Gasteiger partial charge >= 0.3 is 0 Å². The summed E-state index contributed by atoms with van der Waals surface area (Å²) >= 11 is 5.58. The van der Waals surface area contributed by atoms with Crippen molar-refractivity contribution in [3.05, 3.63) is 40.8 Å². The summed E-state index contributed by atoms with van der Waals surface area (Å²) in [6, 6.07) is 7.16. The van der Waals surface area contributed by atoms with Gasteiger partial charge < -0.3 is 19.5 Å². The molecule has 2 aromatic carbocycles. The third kappa shape index (κ3) is 3.04. The summed E-state index contributed by atoms with van der Waals surface area (Å²) < 4.78 is 8.15. The summed E-state index contributed by atoms with van der Waals surface area (Å²) in [7, 11) is 1.64. The lowest BCUT2D eigenvalue weighted by Crippen LogP contribution is -2.00. The summed E-state index contributed by atoms with van der Waals surface area (Å²) in [5.41, 5.74) is 5.13. The number of aromatic hydroxyl groups is 2. The zero-order valence-corrected chi connectivity index (χ0v) is 18.1. The maximum absolute atomic E-state index is 10.6. The van der Waals surface area contributed by atoms with E-state index in [0.29, 0.717) is 22.3 Å². The highest BCUT2D eigenvalue weighted by atomic mass is 32.1. The molecule has 0 radical (unpaired) electrons. The summed E-state index contributed by atoms with van der Waals surface area (Å²) in [4.78, 5) is 4.66. The molecule has 2 heterocycles. The molecule has 7 nitrogen and oxygen atoms in total. The van der Waals surface area contributed by atoms with Gasteiger partial charge in [0.25, 0.3) is 0 Å². The first-order valence-electron chi connectivity index (χ1n) is 9.77. The minimum Gasteiger partial charge on any atom is -0.508 e. The minimum absolute atomic E-state index is 0.0336. The second-order valence-corrected chi connectivity index (χ2v) is 7.85. The molecule has 0 fully saturated rings. The van der Waals surface area contributed by atoms with Gasteiger partial charge in [0.2, 0.25) is 0 Å². The molecule has 0 bridgehead atoms. The van der Waals surface area contributed by atoms with Gasteiger partial charge in [-0.25, -0.2) is 4.98 Å². The fourth-order valence-electron chi connectivity index (χ4n) is 3.80. The quantitative estimate of drug-likeness (QED) is 0.325. The number of rotatable bonds is 5. The van der Waals surface area contributed by atoms with Crippen LogP contribution in [0, 0.1) is 4.64 Å². The molecular formula is C22H24N4O3S. The van der Waals surface area contributed by atoms with Gasteiger partial charge in [0.1, 0.15) is 32.9 Å². The fraction of sp³-hybridized carbons (Fsp3) is 0.273. The molecule has 0 unspecified atom stereocenters. The van der Waals surface area contributed by atoms with Crippen LogP contribution >= 0.6 is 12.2 Å². The Hall–Kier alpha value is -3.26. The Kier molecular flexibility index (Phi) is 5.03. The number of methoxy groups -OCH3 is 1. The summed E-state index contributed by atoms with van der Waals surface area (Å²) in [6.45, 7) is 6.12. The van der Waals surface area contributed by atoms with E-state index < -0.39 is 0 Å². The predicted octanol–water partition coefficient (Wildman–Crippen LogP) is 5.32. The highest BCUT2D eigenvalue weighted by Gasteiger charge is 2.22. The average Bonchev–Trinajstić information content (AvgIpc) is 3.32. The molecule has 0 spiro atoms. The Balaban J connectivity index is 2.03. The van der Waals surface area contributed by atoms with Crippen molar-refractivity contribution in [2.75, 3.05) is 7.11 Å². The highest BCUT2D eigenvalue weighted by Crippen LogP contribution is 2.42. The van der Waals surface area contributed by atoms with Crippen LogP contribution in [0.1, 0.15) is 32.4 Å². The van der Waals surface area contributed by atoms with Crippen LogP contribution in [-0.2, 0) is 6.42 Å². The van der Waals surface area contributed by atoms with Crippen molar-refractivity contribution in [1.29, 1.82) is 0 Å². The van der Waals surface area contributed by atoms with E-state index in [0.717, 1.165) is 33.5 Å². The maximum Gasteiger partial charge on any atom is 0.144 e. The van der Waals surface area contributed by atoms with Crippen LogP contribution in [0.2, 0.25) is 0 Å². The minimum atomic E-state index is -0.0336.